The van der Waals surface area contributed by atoms with Crippen LogP contribution in [0.1, 0.15) is 0 Å². The van der Waals surface area contributed by atoms with Crippen LogP contribution in [0.5, 0.6) is 0 Å². The minimum absolute atomic E-state index is 0.0638. The molecule has 0 aliphatic carbocycles. The molecule has 10 heteroatoms. The van der Waals surface area contributed by atoms with E-state index in [4.69, 9.17) is 11.6 Å². The molecule has 1 saturated heterocycles. The number of sulfonamides is 1. The van der Waals surface area contributed by atoms with E-state index in [1.165, 1.54) is 4.31 Å². The second kappa shape index (κ2) is 5.33. The van der Waals surface area contributed by atoms with Gasteiger partial charge in [-0.2, -0.15) is 16.1 Å². The van der Waals surface area contributed by atoms with Gasteiger partial charge in [0.05, 0.1) is 4.92 Å². The first-order valence-corrected chi connectivity index (χ1v) is 8.73. The van der Waals surface area contributed by atoms with Gasteiger partial charge in [0.25, 0.3) is 15.7 Å². The molecule has 1 aliphatic heterocycles. The van der Waals surface area contributed by atoms with E-state index in [0.29, 0.717) is 13.1 Å². The van der Waals surface area contributed by atoms with Crippen molar-refractivity contribution < 1.29 is 13.3 Å². The topological polar surface area (TPSA) is 80.5 Å². The fourth-order valence-electron chi connectivity index (χ4n) is 1.50. The van der Waals surface area contributed by atoms with Gasteiger partial charge in [0, 0.05) is 30.7 Å². The zero-order valence-corrected chi connectivity index (χ0v) is 12.2. The van der Waals surface area contributed by atoms with Crippen molar-refractivity contribution in [3.63, 3.8) is 0 Å². The Labute approximate surface area is 117 Å². The van der Waals surface area contributed by atoms with E-state index < -0.39 is 14.9 Å². The largest absolute Gasteiger partial charge is 0.300 e. The maximum atomic E-state index is 12.2. The Kier molecular flexibility index (Phi) is 4.17. The molecule has 1 aromatic rings. The van der Waals surface area contributed by atoms with Crippen molar-refractivity contribution in [2.45, 2.75) is 4.21 Å². The maximum absolute atomic E-state index is 12.2. The van der Waals surface area contributed by atoms with Gasteiger partial charge in [-0.25, -0.2) is 8.42 Å². The molecule has 2 rings (SSSR count). The quantitative estimate of drug-likeness (QED) is 0.626. The van der Waals surface area contributed by atoms with Gasteiger partial charge in [-0.05, 0) is 0 Å². The Morgan fingerprint density at radius 3 is 2.50 bits per heavy atom. The minimum atomic E-state index is -3.65. The molecule has 100 valence electrons. The Bertz CT molecular complexity index is 565. The van der Waals surface area contributed by atoms with E-state index in [1.807, 2.05) is 0 Å². The molecule has 1 fully saturated rings. The zero-order chi connectivity index (χ0) is 13.3. The summed E-state index contributed by atoms with van der Waals surface area (Å²) in [6.07, 6.45) is 0. The third-order valence-electron chi connectivity index (χ3n) is 2.41. The summed E-state index contributed by atoms with van der Waals surface area (Å²) < 4.78 is 25.6. The Morgan fingerprint density at radius 1 is 1.39 bits per heavy atom. The van der Waals surface area contributed by atoms with Crippen molar-refractivity contribution in [2.24, 2.45) is 0 Å². The minimum Gasteiger partial charge on any atom is -0.258 e. The SMILES string of the molecule is O=[N+]([O-])c1cc(S(=O)(=O)N2CCSCC2)sc1Cl. The molecule has 1 aromatic heterocycles. The van der Waals surface area contributed by atoms with Crippen LogP contribution >= 0.6 is 34.7 Å². The Hall–Kier alpha value is -0.350. The van der Waals surface area contributed by atoms with Gasteiger partial charge < -0.3 is 0 Å². The average Bonchev–Trinajstić information content (AvgIpc) is 2.73. The van der Waals surface area contributed by atoms with Gasteiger partial charge in [-0.15, -0.1) is 11.3 Å². The van der Waals surface area contributed by atoms with Crippen LogP contribution in [0, 0.1) is 10.1 Å². The number of nitrogens with zero attached hydrogens (tertiary/aromatic N) is 2. The van der Waals surface area contributed by atoms with Crippen LogP contribution in [-0.4, -0.2) is 42.2 Å². The third kappa shape index (κ3) is 2.64. The van der Waals surface area contributed by atoms with Crippen LogP contribution in [-0.2, 0) is 10.0 Å². The number of thioether (sulfide) groups is 1. The molecule has 2 heterocycles. The van der Waals surface area contributed by atoms with Crippen molar-refractivity contribution in [3.05, 3.63) is 20.5 Å². The second-order valence-corrected chi connectivity index (χ2v) is 8.54. The van der Waals surface area contributed by atoms with Crippen LogP contribution in [0.2, 0.25) is 4.34 Å². The predicted molar refractivity (Wildman–Crippen MR) is 72.1 cm³/mol. The molecular formula is C8H9ClN2O4S3. The highest BCUT2D eigenvalue weighted by molar-refractivity contribution is 7.99. The van der Waals surface area contributed by atoms with Crippen LogP contribution in [0.4, 0.5) is 5.69 Å². The lowest BCUT2D eigenvalue weighted by atomic mass is 10.6. The van der Waals surface area contributed by atoms with Crippen LogP contribution < -0.4 is 0 Å². The summed E-state index contributed by atoms with van der Waals surface area (Å²) in [5.74, 6) is 1.47. The third-order valence-corrected chi connectivity index (χ3v) is 7.04. The van der Waals surface area contributed by atoms with E-state index in [0.717, 1.165) is 28.9 Å². The number of hydrogen-bond donors (Lipinski definition) is 0. The van der Waals surface area contributed by atoms with Gasteiger partial charge in [0.2, 0.25) is 0 Å². The molecule has 6 nitrogen and oxygen atoms in total. The molecule has 0 bridgehead atoms. The van der Waals surface area contributed by atoms with Gasteiger partial charge in [0.1, 0.15) is 4.21 Å². The number of rotatable bonds is 3. The molecule has 0 saturated carbocycles. The summed E-state index contributed by atoms with van der Waals surface area (Å²) in [5.41, 5.74) is -0.355. The highest BCUT2D eigenvalue weighted by atomic mass is 35.5. The van der Waals surface area contributed by atoms with E-state index in [2.05, 4.69) is 0 Å². The lowest BCUT2D eigenvalue weighted by Crippen LogP contribution is -2.37. The fraction of sp³-hybridized carbons (Fsp3) is 0.500. The van der Waals surface area contributed by atoms with E-state index >= 15 is 0 Å². The summed E-state index contributed by atoms with van der Waals surface area (Å²) >= 11 is 8.09. The maximum Gasteiger partial charge on any atom is 0.300 e. The smallest absolute Gasteiger partial charge is 0.258 e. The number of nitro groups is 1. The van der Waals surface area contributed by atoms with Crippen LogP contribution in [0.15, 0.2) is 10.3 Å². The van der Waals surface area contributed by atoms with Gasteiger partial charge >= 0.3 is 0 Å². The summed E-state index contributed by atoms with van der Waals surface area (Å²) in [6.45, 7) is 0.854. The Balaban J connectivity index is 2.35. The second-order valence-electron chi connectivity index (χ2n) is 3.50. The standard InChI is InChI=1S/C8H9ClN2O4S3/c9-8-6(11(12)13)5-7(17-8)18(14,15)10-1-3-16-4-2-10/h5H,1-4H2. The van der Waals surface area contributed by atoms with Crippen LogP contribution in [0.25, 0.3) is 0 Å². The van der Waals surface area contributed by atoms with Gasteiger partial charge in [0.15, 0.2) is 4.34 Å². The zero-order valence-electron chi connectivity index (χ0n) is 9.04. The van der Waals surface area contributed by atoms with Crippen molar-refractivity contribution >= 4 is 50.4 Å². The van der Waals surface area contributed by atoms with E-state index in [-0.39, 0.29) is 14.2 Å². The number of hydrogen-bond acceptors (Lipinski definition) is 6. The highest BCUT2D eigenvalue weighted by Crippen LogP contribution is 2.37. The predicted octanol–water partition coefficient (Wildman–Crippen LogP) is 2.05. The lowest BCUT2D eigenvalue weighted by molar-refractivity contribution is -0.384. The molecular weight excluding hydrogens is 320 g/mol. The van der Waals surface area contributed by atoms with E-state index in [1.54, 1.807) is 11.8 Å². The molecule has 0 amide bonds. The molecule has 0 N–H and O–H groups in total. The molecule has 18 heavy (non-hydrogen) atoms. The normalized spacial score (nSPS) is 17.8. The lowest BCUT2D eigenvalue weighted by Gasteiger charge is -2.24. The molecule has 0 spiro atoms. The summed E-state index contributed by atoms with van der Waals surface area (Å²) in [7, 11) is -3.65. The highest BCUT2D eigenvalue weighted by Gasteiger charge is 2.31. The molecule has 1 aliphatic rings. The first-order valence-electron chi connectivity index (χ1n) is 4.94. The summed E-state index contributed by atoms with van der Waals surface area (Å²) in [4.78, 5) is 9.98. The first-order chi connectivity index (χ1) is 8.43. The number of thiophene rings is 1. The monoisotopic (exact) mass is 328 g/mol. The first kappa shape index (κ1) is 14.1. The molecule has 0 aromatic carbocycles. The van der Waals surface area contributed by atoms with Gasteiger partial charge in [-0.3, -0.25) is 10.1 Å². The fourth-order valence-corrected chi connectivity index (χ4v) is 5.90. The molecule has 0 radical (unpaired) electrons. The Morgan fingerprint density at radius 2 is 2.00 bits per heavy atom. The summed E-state index contributed by atoms with van der Waals surface area (Å²) in [5, 5.41) is 10.7. The van der Waals surface area contributed by atoms with Crippen molar-refractivity contribution in [3.8, 4) is 0 Å². The number of halogens is 1. The average molecular weight is 329 g/mol. The van der Waals surface area contributed by atoms with Crippen molar-refractivity contribution in [1.82, 2.24) is 4.31 Å². The van der Waals surface area contributed by atoms with Crippen molar-refractivity contribution in [1.29, 1.82) is 0 Å². The molecule has 0 unspecified atom stereocenters. The summed E-state index contributed by atoms with van der Waals surface area (Å²) in [6, 6.07) is 1.03. The van der Waals surface area contributed by atoms with Gasteiger partial charge in [-0.1, -0.05) is 11.6 Å². The van der Waals surface area contributed by atoms with E-state index in [9.17, 15) is 18.5 Å². The van der Waals surface area contributed by atoms with Crippen molar-refractivity contribution in [2.75, 3.05) is 24.6 Å². The van der Waals surface area contributed by atoms with Crippen LogP contribution in [0.3, 0.4) is 0 Å². The molecule has 0 atom stereocenters.